The van der Waals surface area contributed by atoms with Gasteiger partial charge >= 0.3 is 5.97 Å². The van der Waals surface area contributed by atoms with Crippen molar-refractivity contribution < 1.29 is 23.5 Å². The standard InChI is InChI=1S/C21H23FN2O4/c1-27-21(26)14-16-2-8-19(9-3-16)28-15-20(25)24-12-10-23(11-13-24)18-6-4-17(22)5-7-18/h2-9H,10-15H2,1H3. The number of methoxy groups -OCH3 is 1. The van der Waals surface area contributed by atoms with Crippen LogP contribution in [-0.4, -0.2) is 56.7 Å². The van der Waals surface area contributed by atoms with E-state index < -0.39 is 0 Å². The molecule has 0 atom stereocenters. The van der Waals surface area contributed by atoms with Crippen LogP contribution in [0.15, 0.2) is 48.5 Å². The molecule has 28 heavy (non-hydrogen) atoms. The number of anilines is 1. The zero-order valence-electron chi connectivity index (χ0n) is 15.8. The summed E-state index contributed by atoms with van der Waals surface area (Å²) in [7, 11) is 1.35. The average Bonchev–Trinajstić information content (AvgIpc) is 2.73. The molecule has 0 saturated carbocycles. The number of nitrogens with zero attached hydrogens (tertiary/aromatic N) is 2. The van der Waals surface area contributed by atoms with E-state index in [-0.39, 0.29) is 30.7 Å². The maximum atomic E-state index is 13.0. The van der Waals surface area contributed by atoms with E-state index >= 15 is 0 Å². The molecular weight excluding hydrogens is 363 g/mol. The van der Waals surface area contributed by atoms with Crippen LogP contribution in [0, 0.1) is 5.82 Å². The lowest BCUT2D eigenvalue weighted by atomic mass is 10.1. The fourth-order valence-corrected chi connectivity index (χ4v) is 3.04. The summed E-state index contributed by atoms with van der Waals surface area (Å²) < 4.78 is 23.2. The van der Waals surface area contributed by atoms with Gasteiger partial charge in [0.1, 0.15) is 11.6 Å². The van der Waals surface area contributed by atoms with Crippen LogP contribution in [0.25, 0.3) is 0 Å². The molecule has 0 aliphatic carbocycles. The summed E-state index contributed by atoms with van der Waals surface area (Å²) in [5, 5.41) is 0. The number of amides is 1. The van der Waals surface area contributed by atoms with Crippen LogP contribution >= 0.6 is 0 Å². The summed E-state index contributed by atoms with van der Waals surface area (Å²) in [6.45, 7) is 2.54. The minimum Gasteiger partial charge on any atom is -0.484 e. The number of carbonyl (C=O) groups excluding carboxylic acids is 2. The van der Waals surface area contributed by atoms with E-state index in [0.717, 1.165) is 11.3 Å². The van der Waals surface area contributed by atoms with Crippen molar-refractivity contribution in [1.29, 1.82) is 0 Å². The Morgan fingerprint density at radius 3 is 2.21 bits per heavy atom. The Labute approximate surface area is 163 Å². The lowest BCUT2D eigenvalue weighted by molar-refractivity contribution is -0.139. The van der Waals surface area contributed by atoms with Gasteiger partial charge in [-0.05, 0) is 42.0 Å². The SMILES string of the molecule is COC(=O)Cc1ccc(OCC(=O)N2CCN(c3ccc(F)cc3)CC2)cc1. The largest absolute Gasteiger partial charge is 0.484 e. The normalized spacial score (nSPS) is 13.9. The molecule has 0 spiro atoms. The summed E-state index contributed by atoms with van der Waals surface area (Å²) >= 11 is 0. The lowest BCUT2D eigenvalue weighted by Gasteiger charge is -2.36. The van der Waals surface area contributed by atoms with E-state index in [4.69, 9.17) is 4.74 Å². The van der Waals surface area contributed by atoms with Gasteiger partial charge in [-0.1, -0.05) is 12.1 Å². The van der Waals surface area contributed by atoms with Crippen LogP contribution in [0.4, 0.5) is 10.1 Å². The van der Waals surface area contributed by atoms with Gasteiger partial charge in [0.15, 0.2) is 6.61 Å². The van der Waals surface area contributed by atoms with Gasteiger partial charge in [0.05, 0.1) is 13.5 Å². The Bertz CT molecular complexity index is 800. The fraction of sp³-hybridized carbons (Fsp3) is 0.333. The highest BCUT2D eigenvalue weighted by Gasteiger charge is 2.21. The fourth-order valence-electron chi connectivity index (χ4n) is 3.04. The molecule has 1 heterocycles. The molecule has 0 bridgehead atoms. The maximum Gasteiger partial charge on any atom is 0.309 e. The van der Waals surface area contributed by atoms with Gasteiger partial charge in [0.2, 0.25) is 0 Å². The van der Waals surface area contributed by atoms with E-state index in [1.807, 2.05) is 0 Å². The van der Waals surface area contributed by atoms with Gasteiger partial charge in [-0.25, -0.2) is 4.39 Å². The average molecular weight is 386 g/mol. The van der Waals surface area contributed by atoms with E-state index in [0.29, 0.717) is 31.9 Å². The molecule has 0 aromatic heterocycles. The Kier molecular flexibility index (Phi) is 6.47. The minimum atomic E-state index is -0.302. The van der Waals surface area contributed by atoms with E-state index in [1.165, 1.54) is 19.2 Å². The van der Waals surface area contributed by atoms with Gasteiger partial charge in [-0.3, -0.25) is 9.59 Å². The van der Waals surface area contributed by atoms with Crippen LogP contribution in [0.2, 0.25) is 0 Å². The number of piperazine rings is 1. The topological polar surface area (TPSA) is 59.1 Å². The summed E-state index contributed by atoms with van der Waals surface area (Å²) in [5.74, 6) is -0.0547. The molecule has 2 aromatic carbocycles. The van der Waals surface area contributed by atoms with Crippen LogP contribution in [0.5, 0.6) is 5.75 Å². The van der Waals surface area contributed by atoms with Crippen LogP contribution in [0.3, 0.4) is 0 Å². The molecule has 1 saturated heterocycles. The molecule has 1 aliphatic rings. The van der Waals surface area contributed by atoms with Crippen molar-refractivity contribution in [2.45, 2.75) is 6.42 Å². The molecule has 0 radical (unpaired) electrons. The van der Waals surface area contributed by atoms with Crippen LogP contribution in [0.1, 0.15) is 5.56 Å². The second-order valence-electron chi connectivity index (χ2n) is 6.53. The molecule has 7 heteroatoms. The first kappa shape index (κ1) is 19.7. The lowest BCUT2D eigenvalue weighted by Crippen LogP contribution is -2.50. The molecule has 1 amide bonds. The van der Waals surface area contributed by atoms with Crippen molar-refractivity contribution >= 4 is 17.6 Å². The Morgan fingerprint density at radius 2 is 1.61 bits per heavy atom. The van der Waals surface area contributed by atoms with Crippen molar-refractivity contribution in [3.63, 3.8) is 0 Å². The van der Waals surface area contributed by atoms with E-state index in [2.05, 4.69) is 9.64 Å². The molecule has 0 N–H and O–H groups in total. The monoisotopic (exact) mass is 386 g/mol. The van der Waals surface area contributed by atoms with Crippen molar-refractivity contribution in [2.24, 2.45) is 0 Å². The molecule has 1 aliphatic heterocycles. The van der Waals surface area contributed by atoms with Gasteiger partial charge < -0.3 is 19.3 Å². The van der Waals surface area contributed by atoms with Crippen LogP contribution < -0.4 is 9.64 Å². The summed E-state index contributed by atoms with van der Waals surface area (Å²) in [5.41, 5.74) is 1.78. The second kappa shape index (κ2) is 9.21. The van der Waals surface area contributed by atoms with E-state index in [9.17, 15) is 14.0 Å². The third-order valence-corrected chi connectivity index (χ3v) is 4.69. The van der Waals surface area contributed by atoms with Gasteiger partial charge in [-0.15, -0.1) is 0 Å². The number of esters is 1. The Balaban J connectivity index is 1.44. The smallest absolute Gasteiger partial charge is 0.309 e. The Hall–Kier alpha value is -3.09. The predicted molar refractivity (Wildman–Crippen MR) is 103 cm³/mol. The molecular formula is C21H23FN2O4. The number of halogens is 1. The van der Waals surface area contributed by atoms with Crippen LogP contribution in [-0.2, 0) is 20.7 Å². The number of hydrogen-bond donors (Lipinski definition) is 0. The van der Waals surface area contributed by atoms with Crippen molar-refractivity contribution in [3.8, 4) is 5.75 Å². The minimum absolute atomic E-state index is 0.0348. The maximum absolute atomic E-state index is 13.0. The van der Waals surface area contributed by atoms with Crippen molar-refractivity contribution in [1.82, 2.24) is 4.90 Å². The highest BCUT2D eigenvalue weighted by atomic mass is 19.1. The first-order chi connectivity index (χ1) is 13.5. The number of carbonyl (C=O) groups is 2. The van der Waals surface area contributed by atoms with Gasteiger partial charge in [-0.2, -0.15) is 0 Å². The third kappa shape index (κ3) is 5.22. The highest BCUT2D eigenvalue weighted by Crippen LogP contribution is 2.17. The molecule has 1 fully saturated rings. The number of ether oxygens (including phenoxy) is 2. The zero-order valence-corrected chi connectivity index (χ0v) is 15.8. The quantitative estimate of drug-likeness (QED) is 0.713. The summed E-state index contributed by atoms with van der Waals surface area (Å²) in [4.78, 5) is 27.5. The second-order valence-corrected chi connectivity index (χ2v) is 6.53. The number of hydrogen-bond acceptors (Lipinski definition) is 5. The number of rotatable bonds is 6. The highest BCUT2D eigenvalue weighted by molar-refractivity contribution is 5.78. The molecule has 3 rings (SSSR count). The van der Waals surface area contributed by atoms with Crippen molar-refractivity contribution in [3.05, 3.63) is 59.9 Å². The molecule has 2 aromatic rings. The van der Waals surface area contributed by atoms with Crippen molar-refractivity contribution in [2.75, 3.05) is 44.8 Å². The molecule has 148 valence electrons. The first-order valence-corrected chi connectivity index (χ1v) is 9.12. The predicted octanol–water partition coefficient (Wildman–Crippen LogP) is 2.27. The molecule has 6 nitrogen and oxygen atoms in total. The van der Waals surface area contributed by atoms with E-state index in [1.54, 1.807) is 41.3 Å². The Morgan fingerprint density at radius 1 is 0.964 bits per heavy atom. The first-order valence-electron chi connectivity index (χ1n) is 9.12. The van der Waals surface area contributed by atoms with Gasteiger partial charge in [0.25, 0.3) is 5.91 Å². The zero-order chi connectivity index (χ0) is 19.9. The number of benzene rings is 2. The summed E-state index contributed by atoms with van der Waals surface area (Å²) in [6.07, 6.45) is 0.202. The molecule has 0 unspecified atom stereocenters. The summed E-state index contributed by atoms with van der Waals surface area (Å²) in [6, 6.07) is 13.4. The van der Waals surface area contributed by atoms with Gasteiger partial charge in [0, 0.05) is 31.9 Å². The third-order valence-electron chi connectivity index (χ3n) is 4.69.